The van der Waals surface area contributed by atoms with Gasteiger partial charge in [-0.25, -0.2) is 0 Å². The second kappa shape index (κ2) is 9.59. The largest absolute Gasteiger partial charge is 0.496 e. The van der Waals surface area contributed by atoms with Crippen LogP contribution in [0.25, 0.3) is 0 Å². The number of carbonyl (C=O) groups excluding carboxylic acids is 2. The summed E-state index contributed by atoms with van der Waals surface area (Å²) in [6, 6.07) is 17.6. The first-order valence-electron chi connectivity index (χ1n) is 10.1. The molecule has 0 atom stereocenters. The Balaban J connectivity index is 1.72. The van der Waals surface area contributed by atoms with Gasteiger partial charge in [0, 0.05) is 18.9 Å². The zero-order valence-corrected chi connectivity index (χ0v) is 17.1. The van der Waals surface area contributed by atoms with Crippen LogP contribution in [-0.2, 0) is 14.9 Å². The minimum absolute atomic E-state index is 0.119. The Labute approximate surface area is 172 Å². The molecular weight excluding hydrogens is 366 g/mol. The summed E-state index contributed by atoms with van der Waals surface area (Å²) in [6.45, 7) is 2.49. The molecule has 1 aliphatic rings. The molecule has 29 heavy (non-hydrogen) atoms. The van der Waals surface area contributed by atoms with Gasteiger partial charge in [0.1, 0.15) is 5.75 Å². The number of rotatable bonds is 7. The molecule has 1 N–H and O–H groups in total. The van der Waals surface area contributed by atoms with Crippen LogP contribution in [0.5, 0.6) is 5.75 Å². The molecule has 0 aliphatic heterocycles. The van der Waals surface area contributed by atoms with Gasteiger partial charge in [0.25, 0.3) is 5.91 Å². The van der Waals surface area contributed by atoms with Crippen molar-refractivity contribution in [3.8, 4) is 5.75 Å². The third kappa shape index (κ3) is 5.17. The maximum Gasteiger partial charge on any atom is 0.302 e. The standard InChI is InChI=1S/C24H29NO4/c1-18(26)29-16-19-12-14-24(15-13-19,20-8-4-3-5-9-20)17-25-23(27)21-10-6-7-11-22(21)28-2/h3-11,19H,12-17H2,1-2H3,(H,25,27). The molecule has 0 aromatic heterocycles. The fourth-order valence-electron chi connectivity index (χ4n) is 4.17. The zero-order chi connectivity index (χ0) is 20.7. The van der Waals surface area contributed by atoms with Crippen LogP contribution < -0.4 is 10.1 Å². The van der Waals surface area contributed by atoms with Crippen LogP contribution in [0.2, 0.25) is 0 Å². The number of nitrogens with one attached hydrogen (secondary N) is 1. The van der Waals surface area contributed by atoms with E-state index in [2.05, 4.69) is 17.4 Å². The molecule has 2 aromatic rings. The van der Waals surface area contributed by atoms with Gasteiger partial charge in [-0.05, 0) is 49.3 Å². The van der Waals surface area contributed by atoms with E-state index in [1.165, 1.54) is 12.5 Å². The van der Waals surface area contributed by atoms with E-state index >= 15 is 0 Å². The second-order valence-electron chi connectivity index (χ2n) is 7.78. The molecule has 0 radical (unpaired) electrons. The second-order valence-corrected chi connectivity index (χ2v) is 7.78. The van der Waals surface area contributed by atoms with Gasteiger partial charge in [0.05, 0.1) is 19.3 Å². The number of esters is 1. The van der Waals surface area contributed by atoms with Crippen molar-refractivity contribution in [2.75, 3.05) is 20.3 Å². The van der Waals surface area contributed by atoms with E-state index in [9.17, 15) is 9.59 Å². The Hall–Kier alpha value is -2.82. The van der Waals surface area contributed by atoms with Crippen LogP contribution >= 0.6 is 0 Å². The van der Waals surface area contributed by atoms with E-state index in [1.54, 1.807) is 19.2 Å². The third-order valence-electron chi connectivity index (χ3n) is 5.91. The Morgan fingerprint density at radius 2 is 1.69 bits per heavy atom. The monoisotopic (exact) mass is 395 g/mol. The summed E-state index contributed by atoms with van der Waals surface area (Å²) in [6.07, 6.45) is 3.81. The number of hydrogen-bond donors (Lipinski definition) is 1. The average molecular weight is 395 g/mol. The van der Waals surface area contributed by atoms with Crippen LogP contribution in [0.3, 0.4) is 0 Å². The van der Waals surface area contributed by atoms with Gasteiger partial charge in [-0.3, -0.25) is 9.59 Å². The summed E-state index contributed by atoms with van der Waals surface area (Å²) >= 11 is 0. The fourth-order valence-corrected chi connectivity index (χ4v) is 4.17. The van der Waals surface area contributed by atoms with Gasteiger partial charge in [-0.1, -0.05) is 42.5 Å². The van der Waals surface area contributed by atoms with Crippen LogP contribution in [0.4, 0.5) is 0 Å². The van der Waals surface area contributed by atoms with E-state index < -0.39 is 0 Å². The molecule has 0 saturated heterocycles. The third-order valence-corrected chi connectivity index (χ3v) is 5.91. The van der Waals surface area contributed by atoms with Crippen molar-refractivity contribution in [3.05, 3.63) is 65.7 Å². The SMILES string of the molecule is COc1ccccc1C(=O)NCC1(c2ccccc2)CCC(COC(C)=O)CC1. The van der Waals surface area contributed by atoms with Crippen molar-refractivity contribution in [3.63, 3.8) is 0 Å². The van der Waals surface area contributed by atoms with Crippen LogP contribution in [0.1, 0.15) is 48.5 Å². The van der Waals surface area contributed by atoms with Crippen LogP contribution in [-0.4, -0.2) is 32.1 Å². The predicted octanol–water partition coefficient (Wildman–Crippen LogP) is 4.12. The summed E-state index contributed by atoms with van der Waals surface area (Å²) < 4.78 is 10.5. The van der Waals surface area contributed by atoms with Gasteiger partial charge in [-0.2, -0.15) is 0 Å². The number of methoxy groups -OCH3 is 1. The molecule has 1 aliphatic carbocycles. The van der Waals surface area contributed by atoms with E-state index in [0.29, 0.717) is 30.4 Å². The van der Waals surface area contributed by atoms with Crippen molar-refractivity contribution >= 4 is 11.9 Å². The number of ether oxygens (including phenoxy) is 2. The normalized spacial score (nSPS) is 21.2. The Morgan fingerprint density at radius 3 is 2.34 bits per heavy atom. The highest BCUT2D eigenvalue weighted by atomic mass is 16.5. The van der Waals surface area contributed by atoms with Gasteiger partial charge in [0.2, 0.25) is 0 Å². The van der Waals surface area contributed by atoms with Gasteiger partial charge in [-0.15, -0.1) is 0 Å². The topological polar surface area (TPSA) is 64.6 Å². The quantitative estimate of drug-likeness (QED) is 0.717. The van der Waals surface area contributed by atoms with Crippen molar-refractivity contribution in [2.24, 2.45) is 5.92 Å². The summed E-state index contributed by atoms with van der Waals surface area (Å²) in [5.74, 6) is 0.596. The smallest absolute Gasteiger partial charge is 0.302 e. The molecule has 0 bridgehead atoms. The van der Waals surface area contributed by atoms with Crippen molar-refractivity contribution in [2.45, 2.75) is 38.0 Å². The minimum Gasteiger partial charge on any atom is -0.496 e. The highest BCUT2D eigenvalue weighted by Gasteiger charge is 2.37. The number of carbonyl (C=O) groups is 2. The molecule has 5 nitrogen and oxygen atoms in total. The molecule has 0 heterocycles. The Kier molecular flexibility index (Phi) is 6.91. The first kappa shape index (κ1) is 20.9. The molecule has 2 aromatic carbocycles. The maximum absolute atomic E-state index is 12.8. The predicted molar refractivity (Wildman–Crippen MR) is 112 cm³/mol. The summed E-state index contributed by atoms with van der Waals surface area (Å²) in [4.78, 5) is 24.0. The van der Waals surface area contributed by atoms with E-state index in [1.807, 2.05) is 30.3 Å². The Morgan fingerprint density at radius 1 is 1.03 bits per heavy atom. The van der Waals surface area contributed by atoms with Crippen LogP contribution in [0.15, 0.2) is 54.6 Å². The zero-order valence-electron chi connectivity index (χ0n) is 17.1. The van der Waals surface area contributed by atoms with Crippen molar-refractivity contribution in [1.29, 1.82) is 0 Å². The molecule has 0 spiro atoms. The lowest BCUT2D eigenvalue weighted by Crippen LogP contribution is -2.44. The molecule has 154 valence electrons. The van der Waals surface area contributed by atoms with Crippen molar-refractivity contribution in [1.82, 2.24) is 5.32 Å². The Bertz CT molecular complexity index is 826. The van der Waals surface area contributed by atoms with Crippen LogP contribution in [0, 0.1) is 5.92 Å². The lowest BCUT2D eigenvalue weighted by atomic mass is 9.66. The summed E-state index contributed by atoms with van der Waals surface area (Å²) in [7, 11) is 1.57. The summed E-state index contributed by atoms with van der Waals surface area (Å²) in [5.41, 5.74) is 1.67. The molecule has 1 amide bonds. The highest BCUT2D eigenvalue weighted by molar-refractivity contribution is 5.96. The van der Waals surface area contributed by atoms with Gasteiger partial charge < -0.3 is 14.8 Å². The number of hydrogen-bond acceptors (Lipinski definition) is 4. The highest BCUT2D eigenvalue weighted by Crippen LogP contribution is 2.41. The minimum atomic E-state index is -0.228. The van der Waals surface area contributed by atoms with E-state index in [4.69, 9.17) is 9.47 Å². The van der Waals surface area contributed by atoms with E-state index in [-0.39, 0.29) is 17.3 Å². The molecule has 3 rings (SSSR count). The average Bonchev–Trinajstić information content (AvgIpc) is 2.77. The first-order valence-corrected chi connectivity index (χ1v) is 10.1. The molecule has 0 unspecified atom stereocenters. The molecule has 1 saturated carbocycles. The molecule has 5 heteroatoms. The van der Waals surface area contributed by atoms with Gasteiger partial charge >= 0.3 is 5.97 Å². The number of benzene rings is 2. The molecular formula is C24H29NO4. The number of amides is 1. The maximum atomic E-state index is 12.8. The lowest BCUT2D eigenvalue weighted by molar-refractivity contribution is -0.142. The fraction of sp³-hybridized carbons (Fsp3) is 0.417. The lowest BCUT2D eigenvalue weighted by Gasteiger charge is -2.41. The van der Waals surface area contributed by atoms with Gasteiger partial charge in [0.15, 0.2) is 0 Å². The molecule has 1 fully saturated rings. The van der Waals surface area contributed by atoms with E-state index in [0.717, 1.165) is 25.7 Å². The van der Waals surface area contributed by atoms with Crippen molar-refractivity contribution < 1.29 is 19.1 Å². The summed E-state index contributed by atoms with van der Waals surface area (Å²) in [5, 5.41) is 3.14. The number of para-hydroxylation sites is 1. The first-order chi connectivity index (χ1) is 14.0.